The monoisotopic (exact) mass is 221 g/mol. The van der Waals surface area contributed by atoms with Gasteiger partial charge in [0.2, 0.25) is 0 Å². The van der Waals surface area contributed by atoms with Gasteiger partial charge < -0.3 is 15.2 Å². The smallest absolute Gasteiger partial charge is 0.119 e. The molecule has 2 atom stereocenters. The Balaban J connectivity index is 1.80. The Hall–Kier alpha value is -1.06. The maximum absolute atomic E-state index is 9.90. The second-order valence-electron chi connectivity index (χ2n) is 4.44. The first-order chi connectivity index (χ1) is 7.75. The molecule has 0 radical (unpaired) electrons. The quantitative estimate of drug-likeness (QED) is 0.806. The third-order valence-electron chi connectivity index (χ3n) is 3.08. The highest BCUT2D eigenvalue weighted by molar-refractivity contribution is 5.26. The number of rotatable bonds is 4. The SMILES string of the molecule is Cc1ccc(OCC(O)C2CCNC2)cc1. The van der Waals surface area contributed by atoms with Crippen LogP contribution in [0.2, 0.25) is 0 Å². The van der Waals surface area contributed by atoms with E-state index < -0.39 is 0 Å². The summed E-state index contributed by atoms with van der Waals surface area (Å²) in [4.78, 5) is 0. The van der Waals surface area contributed by atoms with E-state index >= 15 is 0 Å². The molecule has 2 rings (SSSR count). The molecule has 1 saturated heterocycles. The Kier molecular flexibility index (Phi) is 3.80. The Morgan fingerprint density at radius 2 is 2.19 bits per heavy atom. The van der Waals surface area contributed by atoms with Crippen molar-refractivity contribution in [3.05, 3.63) is 29.8 Å². The summed E-state index contributed by atoms with van der Waals surface area (Å²) in [5.41, 5.74) is 1.22. The summed E-state index contributed by atoms with van der Waals surface area (Å²) in [5, 5.41) is 13.1. The molecule has 16 heavy (non-hydrogen) atoms. The third-order valence-corrected chi connectivity index (χ3v) is 3.08. The molecule has 2 N–H and O–H groups in total. The molecule has 0 spiro atoms. The van der Waals surface area contributed by atoms with Crippen molar-refractivity contribution in [3.8, 4) is 5.75 Å². The van der Waals surface area contributed by atoms with Crippen molar-refractivity contribution in [1.82, 2.24) is 5.32 Å². The fraction of sp³-hybridized carbons (Fsp3) is 0.538. The highest BCUT2D eigenvalue weighted by atomic mass is 16.5. The lowest BCUT2D eigenvalue weighted by Crippen LogP contribution is -2.28. The van der Waals surface area contributed by atoms with Gasteiger partial charge in [-0.2, -0.15) is 0 Å². The molecule has 1 heterocycles. The average molecular weight is 221 g/mol. The first kappa shape index (κ1) is 11.4. The molecule has 1 fully saturated rings. The van der Waals surface area contributed by atoms with Crippen molar-refractivity contribution in [3.63, 3.8) is 0 Å². The maximum atomic E-state index is 9.90. The van der Waals surface area contributed by atoms with Crippen molar-refractivity contribution in [2.45, 2.75) is 19.4 Å². The van der Waals surface area contributed by atoms with Crippen molar-refractivity contribution in [2.24, 2.45) is 5.92 Å². The number of hydrogen-bond acceptors (Lipinski definition) is 3. The van der Waals surface area contributed by atoms with Crippen LogP contribution in [0.15, 0.2) is 24.3 Å². The van der Waals surface area contributed by atoms with Gasteiger partial charge >= 0.3 is 0 Å². The van der Waals surface area contributed by atoms with Gasteiger partial charge in [0.05, 0.1) is 6.10 Å². The Morgan fingerprint density at radius 1 is 1.44 bits per heavy atom. The van der Waals surface area contributed by atoms with Gasteiger partial charge in [-0.3, -0.25) is 0 Å². The number of nitrogens with one attached hydrogen (secondary N) is 1. The zero-order valence-corrected chi connectivity index (χ0v) is 9.65. The molecular weight excluding hydrogens is 202 g/mol. The molecule has 88 valence electrons. The normalized spacial score (nSPS) is 22.0. The van der Waals surface area contributed by atoms with Crippen LogP contribution in [-0.4, -0.2) is 30.9 Å². The third kappa shape index (κ3) is 2.97. The first-order valence-electron chi connectivity index (χ1n) is 5.84. The molecule has 2 unspecified atom stereocenters. The van der Waals surface area contributed by atoms with Crippen molar-refractivity contribution < 1.29 is 9.84 Å². The van der Waals surface area contributed by atoms with E-state index in [2.05, 4.69) is 5.32 Å². The summed E-state index contributed by atoms with van der Waals surface area (Å²) in [6.07, 6.45) is 0.676. The molecule has 1 aromatic rings. The van der Waals surface area contributed by atoms with Crippen LogP contribution in [0.5, 0.6) is 5.75 Å². The Labute approximate surface area is 96.4 Å². The molecular formula is C13H19NO2. The minimum Gasteiger partial charge on any atom is -0.491 e. The number of aryl methyl sites for hydroxylation is 1. The number of benzene rings is 1. The van der Waals surface area contributed by atoms with Crippen LogP contribution < -0.4 is 10.1 Å². The molecule has 0 saturated carbocycles. The second-order valence-corrected chi connectivity index (χ2v) is 4.44. The predicted molar refractivity (Wildman–Crippen MR) is 63.7 cm³/mol. The van der Waals surface area contributed by atoms with E-state index in [0.717, 1.165) is 25.3 Å². The van der Waals surface area contributed by atoms with Crippen LogP contribution in [-0.2, 0) is 0 Å². The molecule has 1 aliphatic rings. The molecule has 0 aliphatic carbocycles. The van der Waals surface area contributed by atoms with E-state index in [4.69, 9.17) is 4.74 Å². The van der Waals surface area contributed by atoms with Gasteiger partial charge in [-0.05, 0) is 32.0 Å². The fourth-order valence-corrected chi connectivity index (χ4v) is 1.96. The highest BCUT2D eigenvalue weighted by Crippen LogP contribution is 2.16. The van der Waals surface area contributed by atoms with E-state index in [1.165, 1.54) is 5.56 Å². The number of hydrogen-bond donors (Lipinski definition) is 2. The summed E-state index contributed by atoms with van der Waals surface area (Å²) in [7, 11) is 0. The summed E-state index contributed by atoms with van der Waals surface area (Å²) in [6, 6.07) is 7.90. The molecule has 1 aromatic carbocycles. The zero-order valence-electron chi connectivity index (χ0n) is 9.65. The van der Waals surface area contributed by atoms with Crippen LogP contribution in [0.1, 0.15) is 12.0 Å². The van der Waals surface area contributed by atoms with E-state index in [0.29, 0.717) is 12.5 Å². The summed E-state index contributed by atoms with van der Waals surface area (Å²) in [5.74, 6) is 1.17. The van der Waals surface area contributed by atoms with E-state index in [1.807, 2.05) is 31.2 Å². The van der Waals surface area contributed by atoms with Crippen molar-refractivity contribution >= 4 is 0 Å². The van der Waals surface area contributed by atoms with Crippen molar-refractivity contribution in [2.75, 3.05) is 19.7 Å². The lowest BCUT2D eigenvalue weighted by Gasteiger charge is -2.17. The lowest BCUT2D eigenvalue weighted by molar-refractivity contribution is 0.0641. The zero-order chi connectivity index (χ0) is 11.4. The summed E-state index contributed by atoms with van der Waals surface area (Å²) in [6.45, 7) is 4.34. The van der Waals surface area contributed by atoms with Crippen LogP contribution in [0, 0.1) is 12.8 Å². The maximum Gasteiger partial charge on any atom is 0.119 e. The van der Waals surface area contributed by atoms with Gasteiger partial charge in [-0.1, -0.05) is 17.7 Å². The van der Waals surface area contributed by atoms with Gasteiger partial charge in [0.1, 0.15) is 12.4 Å². The van der Waals surface area contributed by atoms with Gasteiger partial charge in [-0.25, -0.2) is 0 Å². The van der Waals surface area contributed by atoms with Crippen LogP contribution in [0.3, 0.4) is 0 Å². The predicted octanol–water partition coefficient (Wildman–Crippen LogP) is 1.34. The molecule has 3 nitrogen and oxygen atoms in total. The average Bonchev–Trinajstić information content (AvgIpc) is 2.81. The largest absolute Gasteiger partial charge is 0.491 e. The highest BCUT2D eigenvalue weighted by Gasteiger charge is 2.23. The van der Waals surface area contributed by atoms with Gasteiger partial charge in [0.15, 0.2) is 0 Å². The molecule has 1 aliphatic heterocycles. The lowest BCUT2D eigenvalue weighted by atomic mass is 10.0. The minimum atomic E-state index is -0.365. The van der Waals surface area contributed by atoms with Gasteiger partial charge in [-0.15, -0.1) is 0 Å². The number of ether oxygens (including phenoxy) is 1. The molecule has 0 amide bonds. The van der Waals surface area contributed by atoms with Crippen LogP contribution in [0.4, 0.5) is 0 Å². The fourth-order valence-electron chi connectivity index (χ4n) is 1.96. The molecule has 3 heteroatoms. The van der Waals surface area contributed by atoms with E-state index in [9.17, 15) is 5.11 Å². The summed E-state index contributed by atoms with van der Waals surface area (Å²) >= 11 is 0. The van der Waals surface area contributed by atoms with Crippen LogP contribution in [0.25, 0.3) is 0 Å². The Bertz CT molecular complexity index is 317. The standard InChI is InChI=1S/C13H19NO2/c1-10-2-4-12(5-3-10)16-9-13(15)11-6-7-14-8-11/h2-5,11,13-15H,6-9H2,1H3. The Morgan fingerprint density at radius 3 is 2.81 bits per heavy atom. The second kappa shape index (κ2) is 5.32. The minimum absolute atomic E-state index is 0.338. The van der Waals surface area contributed by atoms with Crippen molar-refractivity contribution in [1.29, 1.82) is 0 Å². The molecule has 0 bridgehead atoms. The van der Waals surface area contributed by atoms with Gasteiger partial charge in [0, 0.05) is 12.5 Å². The first-order valence-corrected chi connectivity index (χ1v) is 5.84. The number of aliphatic hydroxyl groups is 1. The van der Waals surface area contributed by atoms with Gasteiger partial charge in [0.25, 0.3) is 0 Å². The van der Waals surface area contributed by atoms with E-state index in [-0.39, 0.29) is 6.10 Å². The van der Waals surface area contributed by atoms with E-state index in [1.54, 1.807) is 0 Å². The molecule has 0 aromatic heterocycles. The summed E-state index contributed by atoms with van der Waals surface area (Å²) < 4.78 is 5.56. The topological polar surface area (TPSA) is 41.5 Å². The number of aliphatic hydroxyl groups excluding tert-OH is 1. The van der Waals surface area contributed by atoms with Crippen LogP contribution >= 0.6 is 0 Å².